The summed E-state index contributed by atoms with van der Waals surface area (Å²) in [5, 5.41) is 0. The molecule has 35 heavy (non-hydrogen) atoms. The first-order valence-corrected chi connectivity index (χ1v) is 12.1. The van der Waals surface area contributed by atoms with E-state index >= 15 is 0 Å². The number of ether oxygens (including phenoxy) is 2. The maximum atomic E-state index is 13.7. The Kier molecular flexibility index (Phi) is 6.68. The van der Waals surface area contributed by atoms with Crippen LogP contribution in [-0.4, -0.2) is 46.7 Å². The Balaban J connectivity index is 1.44. The third-order valence-electron chi connectivity index (χ3n) is 6.78. The lowest BCUT2D eigenvalue weighted by atomic mass is 9.93. The molecule has 0 aliphatic carbocycles. The minimum Gasteiger partial charge on any atom is -0.495 e. The molecule has 0 radical (unpaired) electrons. The summed E-state index contributed by atoms with van der Waals surface area (Å²) in [5.41, 5.74) is 4.39. The molecule has 0 N–H and O–H groups in total. The molecule has 2 aliphatic heterocycles. The lowest BCUT2D eigenvalue weighted by Gasteiger charge is -2.38. The largest absolute Gasteiger partial charge is 0.495 e. The summed E-state index contributed by atoms with van der Waals surface area (Å²) in [4.78, 5) is 19.9. The molecule has 2 fully saturated rings. The second-order valence-electron chi connectivity index (χ2n) is 9.17. The highest BCUT2D eigenvalue weighted by Gasteiger charge is 2.37. The van der Waals surface area contributed by atoms with E-state index < -0.39 is 0 Å². The second kappa shape index (κ2) is 10.0. The third kappa shape index (κ3) is 4.86. The number of hydrogen-bond donors (Lipinski definition) is 0. The number of methoxy groups -OCH3 is 1. The average Bonchev–Trinajstić information content (AvgIpc) is 3.55. The molecule has 3 aromatic rings. The second-order valence-corrected chi connectivity index (χ2v) is 9.17. The van der Waals surface area contributed by atoms with Gasteiger partial charge in [0.1, 0.15) is 11.6 Å². The molecule has 0 saturated carbocycles. The van der Waals surface area contributed by atoms with Crippen LogP contribution in [0, 0.1) is 12.7 Å². The molecule has 2 atom stereocenters. The number of benzene rings is 2. The van der Waals surface area contributed by atoms with Crippen LogP contribution in [-0.2, 0) is 9.53 Å². The molecule has 182 valence electrons. The van der Waals surface area contributed by atoms with Gasteiger partial charge in [-0.15, -0.1) is 0 Å². The lowest BCUT2D eigenvalue weighted by Crippen LogP contribution is -2.44. The van der Waals surface area contributed by atoms with E-state index in [1.165, 1.54) is 12.1 Å². The van der Waals surface area contributed by atoms with Gasteiger partial charge in [-0.2, -0.15) is 0 Å². The van der Waals surface area contributed by atoms with Crippen molar-refractivity contribution in [3.05, 3.63) is 83.2 Å². The van der Waals surface area contributed by atoms with Crippen LogP contribution in [0.15, 0.2) is 60.6 Å². The number of rotatable bonds is 6. The van der Waals surface area contributed by atoms with E-state index in [9.17, 15) is 9.18 Å². The number of nitrogens with zero attached hydrogens (tertiary/aromatic N) is 3. The van der Waals surface area contributed by atoms with Crippen LogP contribution >= 0.6 is 0 Å². The van der Waals surface area contributed by atoms with Gasteiger partial charge in [0, 0.05) is 24.9 Å². The third-order valence-corrected chi connectivity index (χ3v) is 6.78. The highest BCUT2D eigenvalue weighted by Crippen LogP contribution is 2.36. The summed E-state index contributed by atoms with van der Waals surface area (Å²) in [5.74, 6) is 0.434. The molecule has 7 heteroatoms. The van der Waals surface area contributed by atoms with Crippen molar-refractivity contribution in [3.8, 4) is 11.4 Å². The number of halogens is 1. The maximum Gasteiger partial charge on any atom is 0.250 e. The predicted molar refractivity (Wildman–Crippen MR) is 132 cm³/mol. The fraction of sp³-hybridized carbons (Fsp3) is 0.357. The topological polar surface area (TPSA) is 56.6 Å². The molecule has 3 heterocycles. The summed E-state index contributed by atoms with van der Waals surface area (Å²) in [7, 11) is 1.64. The van der Waals surface area contributed by atoms with Crippen molar-refractivity contribution in [2.75, 3.05) is 20.3 Å². The molecule has 6 nitrogen and oxygen atoms in total. The van der Waals surface area contributed by atoms with Crippen molar-refractivity contribution < 1.29 is 18.7 Å². The molecule has 1 unspecified atom stereocenters. The maximum absolute atomic E-state index is 13.7. The molecule has 1 aromatic heterocycles. The first-order valence-electron chi connectivity index (χ1n) is 12.1. The first kappa shape index (κ1) is 23.3. The van der Waals surface area contributed by atoms with Crippen LogP contribution in [0.2, 0.25) is 0 Å². The molecule has 2 aromatic carbocycles. The summed E-state index contributed by atoms with van der Waals surface area (Å²) >= 11 is 0. The van der Waals surface area contributed by atoms with Crippen LogP contribution in [0.4, 0.5) is 4.39 Å². The number of aromatic nitrogens is 2. The van der Waals surface area contributed by atoms with Crippen molar-refractivity contribution in [1.82, 2.24) is 14.5 Å². The van der Waals surface area contributed by atoms with E-state index in [0.29, 0.717) is 25.3 Å². The molecule has 0 bridgehead atoms. The number of carbonyl (C=O) groups is 1. The van der Waals surface area contributed by atoms with E-state index in [4.69, 9.17) is 9.47 Å². The summed E-state index contributed by atoms with van der Waals surface area (Å²) < 4.78 is 27.2. The van der Waals surface area contributed by atoms with Crippen LogP contribution in [0.3, 0.4) is 0 Å². The Morgan fingerprint density at radius 3 is 2.71 bits per heavy atom. The van der Waals surface area contributed by atoms with Crippen molar-refractivity contribution in [3.63, 3.8) is 0 Å². The lowest BCUT2D eigenvalue weighted by molar-refractivity contribution is -0.134. The highest BCUT2D eigenvalue weighted by atomic mass is 19.1. The van der Waals surface area contributed by atoms with Gasteiger partial charge in [-0.3, -0.25) is 4.79 Å². The summed E-state index contributed by atoms with van der Waals surface area (Å²) in [6.07, 6.45) is 9.01. The van der Waals surface area contributed by atoms with Gasteiger partial charge in [-0.1, -0.05) is 18.2 Å². The molecule has 0 spiro atoms. The molecule has 2 aliphatic rings. The number of amides is 1. The smallest absolute Gasteiger partial charge is 0.250 e. The molecule has 5 rings (SSSR count). The van der Waals surface area contributed by atoms with Gasteiger partial charge in [0.2, 0.25) is 5.91 Å². The minimum atomic E-state index is -0.284. The van der Waals surface area contributed by atoms with Crippen molar-refractivity contribution in [1.29, 1.82) is 0 Å². The number of aryl methyl sites for hydroxylation is 1. The number of hydrogen-bond acceptors (Lipinski definition) is 4. The van der Waals surface area contributed by atoms with Gasteiger partial charge >= 0.3 is 0 Å². The molecular weight excluding hydrogens is 445 g/mol. The van der Waals surface area contributed by atoms with E-state index in [2.05, 4.69) is 4.98 Å². The fourth-order valence-corrected chi connectivity index (χ4v) is 5.09. The minimum absolute atomic E-state index is 0.00866. The number of piperidine rings is 1. The summed E-state index contributed by atoms with van der Waals surface area (Å²) in [6.45, 7) is 3.29. The Labute approximate surface area is 205 Å². The first-order chi connectivity index (χ1) is 17.0. The van der Waals surface area contributed by atoms with E-state index in [0.717, 1.165) is 47.3 Å². The monoisotopic (exact) mass is 475 g/mol. The average molecular weight is 476 g/mol. The molecule has 1 amide bonds. The Bertz CT molecular complexity index is 1230. The quantitative estimate of drug-likeness (QED) is 0.457. The van der Waals surface area contributed by atoms with Gasteiger partial charge in [0.15, 0.2) is 0 Å². The van der Waals surface area contributed by atoms with E-state index in [1.54, 1.807) is 25.6 Å². The van der Waals surface area contributed by atoms with E-state index in [1.807, 2.05) is 46.9 Å². The van der Waals surface area contributed by atoms with Crippen LogP contribution in [0.25, 0.3) is 11.8 Å². The zero-order valence-electron chi connectivity index (χ0n) is 20.1. The van der Waals surface area contributed by atoms with Crippen molar-refractivity contribution >= 4 is 12.0 Å². The van der Waals surface area contributed by atoms with Gasteiger partial charge in [-0.05, 0) is 74.1 Å². The van der Waals surface area contributed by atoms with E-state index in [-0.39, 0.29) is 23.9 Å². The predicted octanol–water partition coefficient (Wildman–Crippen LogP) is 5.25. The Morgan fingerprint density at radius 2 is 2.03 bits per heavy atom. The fourth-order valence-electron chi connectivity index (χ4n) is 5.09. The van der Waals surface area contributed by atoms with Gasteiger partial charge < -0.3 is 18.9 Å². The number of carbonyl (C=O) groups excluding carboxylic acids is 1. The zero-order chi connectivity index (χ0) is 24.4. The SMILES string of the molecule is COc1cc(/C=C2\CCCN([C@@H](c3ccc(F)cc3)C3CCCO3)C2=O)ccc1-n1cnc(C)c1. The van der Waals surface area contributed by atoms with Gasteiger partial charge in [0.05, 0.1) is 37.0 Å². The standard InChI is InChI=1S/C28H30FN3O3/c1-19-17-31(18-30-19)24-12-7-20(16-26(24)34-2)15-22-5-3-13-32(28(22)33)27(25-6-4-14-35-25)21-8-10-23(29)11-9-21/h7-12,15-18,25,27H,3-6,13-14H2,1-2H3/b22-15+/t25?,27-/m0/s1. The molecule has 2 saturated heterocycles. The number of likely N-dealkylation sites (tertiary alicyclic amines) is 1. The Morgan fingerprint density at radius 1 is 1.20 bits per heavy atom. The zero-order valence-corrected chi connectivity index (χ0v) is 20.1. The van der Waals surface area contributed by atoms with Crippen LogP contribution in [0.5, 0.6) is 5.75 Å². The van der Waals surface area contributed by atoms with Gasteiger partial charge in [0.25, 0.3) is 0 Å². The normalized spacial score (nSPS) is 20.4. The van der Waals surface area contributed by atoms with Crippen molar-refractivity contribution in [2.45, 2.75) is 44.8 Å². The van der Waals surface area contributed by atoms with Gasteiger partial charge in [-0.25, -0.2) is 9.37 Å². The van der Waals surface area contributed by atoms with Crippen LogP contribution in [0.1, 0.15) is 48.5 Å². The van der Waals surface area contributed by atoms with Crippen LogP contribution < -0.4 is 4.74 Å². The summed E-state index contributed by atoms with van der Waals surface area (Å²) in [6, 6.07) is 12.1. The Hall–Kier alpha value is -3.45. The van der Waals surface area contributed by atoms with Crippen molar-refractivity contribution in [2.24, 2.45) is 0 Å². The molecular formula is C28H30FN3O3. The highest BCUT2D eigenvalue weighted by molar-refractivity contribution is 5.99. The number of imidazole rings is 1.